The number of benzene rings is 2. The Morgan fingerprint density at radius 1 is 1.19 bits per heavy atom. The van der Waals surface area contributed by atoms with Crippen molar-refractivity contribution < 1.29 is 19.0 Å². The number of methoxy groups -OCH3 is 2. The van der Waals surface area contributed by atoms with Gasteiger partial charge in [0, 0.05) is 0 Å². The molecule has 26 heavy (non-hydrogen) atoms. The number of halogens is 1. The Kier molecular flexibility index (Phi) is 7.29. The van der Waals surface area contributed by atoms with Crippen molar-refractivity contribution in [3.8, 4) is 17.2 Å². The van der Waals surface area contributed by atoms with Gasteiger partial charge in [0.25, 0.3) is 0 Å². The summed E-state index contributed by atoms with van der Waals surface area (Å²) in [6.45, 7) is 2.35. The minimum Gasteiger partial charge on any atom is -0.497 e. The Morgan fingerprint density at radius 2 is 1.92 bits per heavy atom. The Labute approximate surface area is 157 Å². The summed E-state index contributed by atoms with van der Waals surface area (Å²) in [5.74, 6) is 1.51. The maximum Gasteiger partial charge on any atom is 0.244 e. The predicted molar refractivity (Wildman–Crippen MR) is 102 cm³/mol. The number of ether oxygens (including phenoxy) is 3. The summed E-state index contributed by atoms with van der Waals surface area (Å²) in [5, 5.41) is 4.37. The van der Waals surface area contributed by atoms with Gasteiger partial charge in [0.2, 0.25) is 5.91 Å². The topological polar surface area (TPSA) is 69.2 Å². The van der Waals surface area contributed by atoms with E-state index in [9.17, 15) is 4.79 Å². The van der Waals surface area contributed by atoms with Crippen LogP contribution in [0.4, 0.5) is 0 Å². The van der Waals surface area contributed by atoms with Crippen molar-refractivity contribution in [2.75, 3.05) is 20.8 Å². The maximum atomic E-state index is 12.0. The number of carbonyl (C=O) groups is 1. The molecule has 0 spiro atoms. The molecule has 1 N–H and O–H groups in total. The first-order valence-corrected chi connectivity index (χ1v) is 8.40. The molecule has 138 valence electrons. The fourth-order valence-corrected chi connectivity index (χ4v) is 2.57. The molecule has 0 radical (unpaired) electrons. The molecule has 2 aromatic rings. The molecule has 0 atom stereocenters. The second kappa shape index (κ2) is 9.68. The molecule has 0 saturated carbocycles. The smallest absolute Gasteiger partial charge is 0.244 e. The molecule has 7 heteroatoms. The molecule has 0 aliphatic heterocycles. The van der Waals surface area contributed by atoms with Gasteiger partial charge in [0.1, 0.15) is 5.75 Å². The van der Waals surface area contributed by atoms with Crippen molar-refractivity contribution in [1.29, 1.82) is 0 Å². The Balaban J connectivity index is 1.99. The minimum absolute atomic E-state index is 0.217. The number of nitrogens with one attached hydrogen (secondary N) is 1. The molecule has 2 aromatic carbocycles. The van der Waals surface area contributed by atoms with E-state index >= 15 is 0 Å². The standard InChI is InChI=1S/C19H21ClN2O4/c1-4-26-17-10-14(9-16(20)19(17)25-3)12-21-22-18(23)11-13-5-7-15(24-2)8-6-13/h5-10,12H,4,11H2,1-3H3,(H,22,23)/b21-12-. The van der Waals surface area contributed by atoms with Crippen LogP contribution in [0.2, 0.25) is 5.02 Å². The van der Waals surface area contributed by atoms with Gasteiger partial charge in [-0.25, -0.2) is 5.43 Å². The first kappa shape index (κ1) is 19.6. The van der Waals surface area contributed by atoms with Gasteiger partial charge in [-0.15, -0.1) is 0 Å². The number of rotatable bonds is 8. The maximum absolute atomic E-state index is 12.0. The van der Waals surface area contributed by atoms with E-state index in [4.69, 9.17) is 25.8 Å². The van der Waals surface area contributed by atoms with E-state index in [1.807, 2.05) is 19.1 Å². The van der Waals surface area contributed by atoms with Crippen molar-refractivity contribution in [1.82, 2.24) is 5.43 Å². The van der Waals surface area contributed by atoms with E-state index in [0.717, 1.165) is 11.3 Å². The number of carbonyl (C=O) groups excluding carboxylic acids is 1. The highest BCUT2D eigenvalue weighted by molar-refractivity contribution is 6.32. The van der Waals surface area contributed by atoms with Crippen LogP contribution in [-0.4, -0.2) is 32.9 Å². The molecule has 0 heterocycles. The summed E-state index contributed by atoms with van der Waals surface area (Å²) >= 11 is 6.18. The van der Waals surface area contributed by atoms with E-state index in [2.05, 4.69) is 10.5 Å². The quantitative estimate of drug-likeness (QED) is 0.566. The third kappa shape index (κ3) is 5.39. The molecule has 6 nitrogen and oxygen atoms in total. The fourth-order valence-electron chi connectivity index (χ4n) is 2.27. The first-order valence-electron chi connectivity index (χ1n) is 8.02. The monoisotopic (exact) mass is 376 g/mol. The van der Waals surface area contributed by atoms with Crippen LogP contribution in [0.5, 0.6) is 17.2 Å². The molecule has 1 amide bonds. The van der Waals surface area contributed by atoms with Crippen molar-refractivity contribution >= 4 is 23.7 Å². The molecule has 0 saturated heterocycles. The van der Waals surface area contributed by atoms with E-state index in [-0.39, 0.29) is 12.3 Å². The second-order valence-corrected chi connectivity index (χ2v) is 5.69. The number of hydrogen-bond acceptors (Lipinski definition) is 5. The van der Waals surface area contributed by atoms with Crippen LogP contribution >= 0.6 is 11.6 Å². The summed E-state index contributed by atoms with van der Waals surface area (Å²) < 4.78 is 15.8. The lowest BCUT2D eigenvalue weighted by atomic mass is 10.1. The molecule has 0 aliphatic rings. The van der Waals surface area contributed by atoms with Crippen molar-refractivity contribution in [2.45, 2.75) is 13.3 Å². The zero-order valence-electron chi connectivity index (χ0n) is 14.9. The molecular weight excluding hydrogens is 356 g/mol. The molecule has 0 bridgehead atoms. The molecule has 0 aliphatic carbocycles. The average Bonchev–Trinajstić information content (AvgIpc) is 2.62. The van der Waals surface area contributed by atoms with E-state index in [1.54, 1.807) is 31.4 Å². The molecule has 2 rings (SSSR count). The summed E-state index contributed by atoms with van der Waals surface area (Å²) in [4.78, 5) is 12.0. The lowest BCUT2D eigenvalue weighted by Gasteiger charge is -2.11. The van der Waals surface area contributed by atoms with Crippen LogP contribution in [-0.2, 0) is 11.2 Å². The second-order valence-electron chi connectivity index (χ2n) is 5.29. The molecule has 0 aromatic heterocycles. The highest BCUT2D eigenvalue weighted by Crippen LogP contribution is 2.35. The van der Waals surface area contributed by atoms with Gasteiger partial charge in [-0.05, 0) is 42.3 Å². The SMILES string of the molecule is CCOc1cc(/C=N\NC(=O)Cc2ccc(OC)cc2)cc(Cl)c1OC. The van der Waals surface area contributed by atoms with Crippen molar-refractivity contribution in [2.24, 2.45) is 5.10 Å². The highest BCUT2D eigenvalue weighted by Gasteiger charge is 2.10. The summed E-state index contributed by atoms with van der Waals surface area (Å²) in [7, 11) is 3.12. The Bertz CT molecular complexity index is 776. The Hall–Kier alpha value is -2.73. The predicted octanol–water partition coefficient (Wildman–Crippen LogP) is 3.45. The average molecular weight is 377 g/mol. The highest BCUT2D eigenvalue weighted by atomic mass is 35.5. The van der Waals surface area contributed by atoms with E-state index in [0.29, 0.717) is 28.7 Å². The summed E-state index contributed by atoms with van der Waals surface area (Å²) in [5.41, 5.74) is 4.04. The number of amides is 1. The van der Waals surface area contributed by atoms with Gasteiger partial charge in [-0.3, -0.25) is 4.79 Å². The van der Waals surface area contributed by atoms with E-state index < -0.39 is 0 Å². The fraction of sp³-hybridized carbons (Fsp3) is 0.263. The third-order valence-electron chi connectivity index (χ3n) is 3.46. The van der Waals surface area contributed by atoms with Gasteiger partial charge >= 0.3 is 0 Å². The van der Waals surface area contributed by atoms with Crippen LogP contribution in [0, 0.1) is 0 Å². The largest absolute Gasteiger partial charge is 0.497 e. The molecule has 0 unspecified atom stereocenters. The van der Waals surface area contributed by atoms with Gasteiger partial charge in [-0.2, -0.15) is 5.10 Å². The lowest BCUT2D eigenvalue weighted by Crippen LogP contribution is -2.19. The van der Waals surface area contributed by atoms with Gasteiger partial charge in [-0.1, -0.05) is 23.7 Å². The van der Waals surface area contributed by atoms with Gasteiger partial charge in [0.15, 0.2) is 11.5 Å². The zero-order chi connectivity index (χ0) is 18.9. The molecular formula is C19H21ClN2O4. The van der Waals surface area contributed by atoms with Crippen LogP contribution < -0.4 is 19.6 Å². The van der Waals surface area contributed by atoms with Crippen LogP contribution in [0.1, 0.15) is 18.1 Å². The zero-order valence-corrected chi connectivity index (χ0v) is 15.7. The van der Waals surface area contributed by atoms with Crippen LogP contribution in [0.3, 0.4) is 0 Å². The van der Waals surface area contributed by atoms with Gasteiger partial charge in [0.05, 0.1) is 38.5 Å². The number of hydrazone groups is 1. The lowest BCUT2D eigenvalue weighted by molar-refractivity contribution is -0.120. The number of nitrogens with zero attached hydrogens (tertiary/aromatic N) is 1. The number of hydrogen-bond donors (Lipinski definition) is 1. The van der Waals surface area contributed by atoms with E-state index in [1.165, 1.54) is 13.3 Å². The van der Waals surface area contributed by atoms with Crippen molar-refractivity contribution in [3.05, 3.63) is 52.5 Å². The summed E-state index contributed by atoms with van der Waals surface area (Å²) in [6.07, 6.45) is 1.72. The molecule has 0 fully saturated rings. The van der Waals surface area contributed by atoms with Crippen LogP contribution in [0.15, 0.2) is 41.5 Å². The Morgan fingerprint density at radius 3 is 2.54 bits per heavy atom. The van der Waals surface area contributed by atoms with Crippen LogP contribution in [0.25, 0.3) is 0 Å². The first-order chi connectivity index (χ1) is 12.6. The summed E-state index contributed by atoms with van der Waals surface area (Å²) in [6, 6.07) is 10.7. The minimum atomic E-state index is -0.226. The van der Waals surface area contributed by atoms with Crippen molar-refractivity contribution in [3.63, 3.8) is 0 Å². The normalized spacial score (nSPS) is 10.6. The third-order valence-corrected chi connectivity index (χ3v) is 3.74. The van der Waals surface area contributed by atoms with Gasteiger partial charge < -0.3 is 14.2 Å².